The summed E-state index contributed by atoms with van der Waals surface area (Å²) in [5.41, 5.74) is 0. The van der Waals surface area contributed by atoms with Crippen LogP contribution in [0.15, 0.2) is 0 Å². The van der Waals surface area contributed by atoms with Gasteiger partial charge in [-0.05, 0) is 12.8 Å². The van der Waals surface area contributed by atoms with E-state index in [0.717, 1.165) is 19.8 Å². The third-order valence-electron chi connectivity index (χ3n) is 1.39. The lowest BCUT2D eigenvalue weighted by Crippen LogP contribution is -2.20. The Balaban J connectivity index is 0.000000310. The smallest absolute Gasteiger partial charge is 0.334 e. The molecule has 0 aromatic carbocycles. The third kappa shape index (κ3) is 6.10. The third-order valence-corrected chi connectivity index (χ3v) is 1.39. The van der Waals surface area contributed by atoms with Crippen molar-refractivity contribution in [2.75, 3.05) is 13.7 Å². The summed E-state index contributed by atoms with van der Waals surface area (Å²) in [5, 5.41) is 7.42. The van der Waals surface area contributed by atoms with Crippen molar-refractivity contribution >= 4 is 11.9 Å². The van der Waals surface area contributed by atoms with E-state index in [2.05, 4.69) is 4.74 Å². The highest BCUT2D eigenvalue weighted by Crippen LogP contribution is 2.12. The van der Waals surface area contributed by atoms with Gasteiger partial charge in [-0.2, -0.15) is 0 Å². The first-order valence-corrected chi connectivity index (χ1v) is 3.97. The van der Waals surface area contributed by atoms with Crippen LogP contribution in [-0.2, 0) is 19.1 Å². The molecule has 76 valence electrons. The average molecular weight is 190 g/mol. The van der Waals surface area contributed by atoms with E-state index < -0.39 is 5.97 Å². The Bertz CT molecular complexity index is 167. The fraction of sp³-hybridized carbons (Fsp3) is 0.750. The van der Waals surface area contributed by atoms with Crippen LogP contribution in [-0.4, -0.2) is 36.9 Å². The average Bonchev–Trinajstić information content (AvgIpc) is 2.54. The molecule has 5 nitrogen and oxygen atoms in total. The second-order valence-corrected chi connectivity index (χ2v) is 2.54. The lowest BCUT2D eigenvalue weighted by molar-refractivity contribution is -0.151. The van der Waals surface area contributed by atoms with Crippen molar-refractivity contribution in [2.45, 2.75) is 25.9 Å². The number of aliphatic carboxylic acids is 1. The molecule has 1 heterocycles. The largest absolute Gasteiger partial charge is 0.481 e. The zero-order valence-corrected chi connectivity index (χ0v) is 7.78. The van der Waals surface area contributed by atoms with Gasteiger partial charge in [0.15, 0.2) is 6.10 Å². The quantitative estimate of drug-likeness (QED) is 0.607. The molecule has 0 aromatic rings. The van der Waals surface area contributed by atoms with Gasteiger partial charge in [0.05, 0.1) is 7.11 Å². The minimum Gasteiger partial charge on any atom is -0.481 e. The first-order valence-electron chi connectivity index (χ1n) is 3.97. The van der Waals surface area contributed by atoms with Crippen molar-refractivity contribution < 1.29 is 24.2 Å². The maximum Gasteiger partial charge on any atom is 0.334 e. The molecule has 0 amide bonds. The first-order chi connectivity index (χ1) is 6.07. The molecule has 5 heteroatoms. The van der Waals surface area contributed by atoms with Gasteiger partial charge >= 0.3 is 5.97 Å². The Hall–Kier alpha value is -1.10. The second-order valence-electron chi connectivity index (χ2n) is 2.54. The number of carbonyl (C=O) groups excluding carboxylic acids is 1. The standard InChI is InChI=1S/C6H10O3.C2H4O2/c1-8-6(7)5-3-2-4-9-5;1-2(3)4/h5H,2-4H2,1H3;1H3,(H,3,4). The molecule has 1 fully saturated rings. The SMILES string of the molecule is CC(=O)O.COC(=O)C1CCCO1. The van der Waals surface area contributed by atoms with Gasteiger partial charge in [0, 0.05) is 13.5 Å². The summed E-state index contributed by atoms with van der Waals surface area (Å²) >= 11 is 0. The van der Waals surface area contributed by atoms with E-state index >= 15 is 0 Å². The van der Waals surface area contributed by atoms with Crippen LogP contribution in [0.2, 0.25) is 0 Å². The normalized spacial score (nSPS) is 20.0. The number of methoxy groups -OCH3 is 1. The molecule has 1 atom stereocenters. The molecule has 1 unspecified atom stereocenters. The maximum absolute atomic E-state index is 10.7. The summed E-state index contributed by atoms with van der Waals surface area (Å²) in [7, 11) is 1.38. The van der Waals surface area contributed by atoms with E-state index in [1.165, 1.54) is 7.11 Å². The van der Waals surface area contributed by atoms with E-state index in [1.54, 1.807) is 0 Å². The van der Waals surface area contributed by atoms with E-state index in [1.807, 2.05) is 0 Å². The predicted molar refractivity (Wildman–Crippen MR) is 44.3 cm³/mol. The molecular weight excluding hydrogens is 176 g/mol. The number of carboxylic acid groups (broad SMARTS) is 1. The van der Waals surface area contributed by atoms with Crippen LogP contribution >= 0.6 is 0 Å². The predicted octanol–water partition coefficient (Wildman–Crippen LogP) is 0.429. The van der Waals surface area contributed by atoms with Crippen molar-refractivity contribution in [3.63, 3.8) is 0 Å². The van der Waals surface area contributed by atoms with Crippen LogP contribution < -0.4 is 0 Å². The van der Waals surface area contributed by atoms with Gasteiger partial charge in [-0.25, -0.2) is 4.79 Å². The fourth-order valence-electron chi connectivity index (χ4n) is 0.895. The maximum atomic E-state index is 10.7. The summed E-state index contributed by atoms with van der Waals surface area (Å²) < 4.78 is 9.50. The summed E-state index contributed by atoms with van der Waals surface area (Å²) in [6.45, 7) is 1.78. The minimum atomic E-state index is -0.833. The Morgan fingerprint density at radius 3 is 2.38 bits per heavy atom. The van der Waals surface area contributed by atoms with Gasteiger partial charge in [-0.1, -0.05) is 0 Å². The van der Waals surface area contributed by atoms with Gasteiger partial charge in [-0.3, -0.25) is 4.79 Å². The molecule has 0 saturated carbocycles. The molecule has 0 bridgehead atoms. The molecule has 0 aliphatic carbocycles. The van der Waals surface area contributed by atoms with Crippen LogP contribution in [0.5, 0.6) is 0 Å². The zero-order valence-electron chi connectivity index (χ0n) is 7.78. The molecule has 1 rings (SSSR count). The van der Waals surface area contributed by atoms with Crippen LogP contribution in [0, 0.1) is 0 Å². The van der Waals surface area contributed by atoms with Crippen molar-refractivity contribution in [1.82, 2.24) is 0 Å². The molecule has 1 saturated heterocycles. The number of carbonyl (C=O) groups is 2. The number of esters is 1. The number of rotatable bonds is 1. The Labute approximate surface area is 76.6 Å². The monoisotopic (exact) mass is 190 g/mol. The topological polar surface area (TPSA) is 72.8 Å². The lowest BCUT2D eigenvalue weighted by atomic mass is 10.2. The Morgan fingerprint density at radius 2 is 2.08 bits per heavy atom. The van der Waals surface area contributed by atoms with Gasteiger partial charge in [-0.15, -0.1) is 0 Å². The highest BCUT2D eigenvalue weighted by Gasteiger charge is 2.23. The summed E-state index contributed by atoms with van der Waals surface area (Å²) in [5.74, 6) is -1.08. The Kier molecular flexibility index (Phi) is 5.88. The second kappa shape index (κ2) is 6.42. The number of hydrogen-bond acceptors (Lipinski definition) is 4. The van der Waals surface area contributed by atoms with Crippen LogP contribution in [0.25, 0.3) is 0 Å². The van der Waals surface area contributed by atoms with Crippen molar-refractivity contribution in [3.05, 3.63) is 0 Å². The van der Waals surface area contributed by atoms with E-state index in [0.29, 0.717) is 6.61 Å². The van der Waals surface area contributed by atoms with Crippen molar-refractivity contribution in [1.29, 1.82) is 0 Å². The number of ether oxygens (including phenoxy) is 2. The van der Waals surface area contributed by atoms with Crippen molar-refractivity contribution in [2.24, 2.45) is 0 Å². The fourth-order valence-corrected chi connectivity index (χ4v) is 0.895. The van der Waals surface area contributed by atoms with E-state index in [-0.39, 0.29) is 12.1 Å². The lowest BCUT2D eigenvalue weighted by Gasteiger charge is -2.04. The number of carboxylic acids is 1. The van der Waals surface area contributed by atoms with Gasteiger partial charge in [0.1, 0.15) is 0 Å². The summed E-state index contributed by atoms with van der Waals surface area (Å²) in [6.07, 6.45) is 1.50. The molecule has 13 heavy (non-hydrogen) atoms. The van der Waals surface area contributed by atoms with E-state index in [4.69, 9.17) is 14.6 Å². The molecule has 0 radical (unpaired) electrons. The highest BCUT2D eigenvalue weighted by molar-refractivity contribution is 5.74. The van der Waals surface area contributed by atoms with Gasteiger partial charge in [0.2, 0.25) is 0 Å². The molecule has 1 aliphatic heterocycles. The first kappa shape index (κ1) is 11.9. The van der Waals surface area contributed by atoms with Gasteiger partial charge < -0.3 is 14.6 Å². The molecule has 0 spiro atoms. The van der Waals surface area contributed by atoms with Crippen LogP contribution in [0.3, 0.4) is 0 Å². The van der Waals surface area contributed by atoms with Crippen LogP contribution in [0.4, 0.5) is 0 Å². The zero-order chi connectivity index (χ0) is 10.3. The molecule has 0 aromatic heterocycles. The van der Waals surface area contributed by atoms with Gasteiger partial charge in [0.25, 0.3) is 5.97 Å². The highest BCUT2D eigenvalue weighted by atomic mass is 16.6. The summed E-state index contributed by atoms with van der Waals surface area (Å²) in [6, 6.07) is 0. The Morgan fingerprint density at radius 1 is 1.54 bits per heavy atom. The molecule has 1 N–H and O–H groups in total. The number of hydrogen-bond donors (Lipinski definition) is 1. The van der Waals surface area contributed by atoms with Crippen LogP contribution in [0.1, 0.15) is 19.8 Å². The minimum absolute atomic E-state index is 0.243. The van der Waals surface area contributed by atoms with Crippen molar-refractivity contribution in [3.8, 4) is 0 Å². The molecule has 1 aliphatic rings. The van der Waals surface area contributed by atoms with E-state index in [9.17, 15) is 4.79 Å². The molecular formula is C8H14O5. The summed E-state index contributed by atoms with van der Waals surface area (Å²) in [4.78, 5) is 19.7.